The van der Waals surface area contributed by atoms with Crippen LogP contribution in [0.3, 0.4) is 0 Å². The summed E-state index contributed by atoms with van der Waals surface area (Å²) in [4.78, 5) is 40.0. The number of anilines is 4. The molecule has 4 rings (SSSR count). The van der Waals surface area contributed by atoms with Crippen molar-refractivity contribution in [2.24, 2.45) is 0 Å². The average Bonchev–Trinajstić information content (AvgIpc) is 2.99. The van der Waals surface area contributed by atoms with E-state index < -0.39 is 5.91 Å². The van der Waals surface area contributed by atoms with Gasteiger partial charge >= 0.3 is 0 Å². The second-order valence-corrected chi connectivity index (χ2v) is 9.30. The van der Waals surface area contributed by atoms with Crippen molar-refractivity contribution in [1.82, 2.24) is 15.4 Å². The first-order valence-electron chi connectivity index (χ1n) is 12.6. The molecule has 216 valence electrons. The summed E-state index contributed by atoms with van der Waals surface area (Å²) in [5.74, 6) is 0.192. The van der Waals surface area contributed by atoms with Crippen molar-refractivity contribution in [1.29, 1.82) is 0 Å². The van der Waals surface area contributed by atoms with Gasteiger partial charge in [-0.25, -0.2) is 15.4 Å². The monoisotopic (exact) mass is 582 g/mol. The zero-order chi connectivity index (χ0) is 29.4. The van der Waals surface area contributed by atoms with E-state index in [1.54, 1.807) is 6.07 Å². The highest BCUT2D eigenvalue weighted by atomic mass is 35.5. The Morgan fingerprint density at radius 2 is 1.88 bits per heavy atom. The fourth-order valence-electron chi connectivity index (χ4n) is 4.14. The van der Waals surface area contributed by atoms with Crippen LogP contribution in [0.4, 0.5) is 23.0 Å². The maximum absolute atomic E-state index is 12.2. The summed E-state index contributed by atoms with van der Waals surface area (Å²) < 4.78 is 16.6. The number of aromatic nitrogens is 2. The van der Waals surface area contributed by atoms with Gasteiger partial charge in [-0.1, -0.05) is 18.2 Å². The molecule has 3 N–H and O–H groups in total. The van der Waals surface area contributed by atoms with Crippen LogP contribution in [0.1, 0.15) is 21.5 Å². The van der Waals surface area contributed by atoms with E-state index in [4.69, 9.17) is 30.6 Å². The number of hydrogen-bond donors (Lipinski definition) is 3. The number of benzene rings is 2. The van der Waals surface area contributed by atoms with Crippen LogP contribution >= 0.6 is 11.6 Å². The minimum Gasteiger partial charge on any atom is -0.495 e. The molecule has 2 heterocycles. The summed E-state index contributed by atoms with van der Waals surface area (Å²) in [5, 5.41) is 6.37. The zero-order valence-corrected chi connectivity index (χ0v) is 23.7. The summed E-state index contributed by atoms with van der Waals surface area (Å²) in [6.45, 7) is 8.32. The standard InChI is InChI=1S/C28H31ClN6O6/c1-5-24(36)32-22-13-20(35-6-8-40-9-7-35)10-17(2)26(22)33-28-30-14-21(15-31-28)41-16-19-11-18(27(37)34-39-4)12-23(38-3)25(19)29/h5,10-15H,1,6-9,16H2,2-4H3,(H,32,36)(H,34,37)(H,30,31,33). The largest absolute Gasteiger partial charge is 0.495 e. The van der Waals surface area contributed by atoms with Crippen LogP contribution in [0.25, 0.3) is 0 Å². The predicted octanol–water partition coefficient (Wildman–Crippen LogP) is 4.02. The average molecular weight is 583 g/mol. The lowest BCUT2D eigenvalue weighted by Gasteiger charge is -2.30. The summed E-state index contributed by atoms with van der Waals surface area (Å²) in [6, 6.07) is 7.02. The zero-order valence-electron chi connectivity index (χ0n) is 23.0. The van der Waals surface area contributed by atoms with Crippen molar-refractivity contribution in [3.05, 3.63) is 71.0 Å². The minimum absolute atomic E-state index is 0.0271. The Morgan fingerprint density at radius 3 is 2.54 bits per heavy atom. The van der Waals surface area contributed by atoms with Gasteiger partial charge in [0, 0.05) is 29.9 Å². The topological polar surface area (TPSA) is 136 Å². The first-order chi connectivity index (χ1) is 19.8. The number of aryl methyl sites for hydroxylation is 1. The Hall–Kier alpha value is -4.39. The fourth-order valence-corrected chi connectivity index (χ4v) is 4.38. The lowest BCUT2D eigenvalue weighted by Crippen LogP contribution is -2.36. The third-order valence-corrected chi connectivity index (χ3v) is 6.62. The Labute approximate surface area is 242 Å². The number of nitrogens with one attached hydrogen (secondary N) is 3. The first kappa shape index (κ1) is 29.6. The van der Waals surface area contributed by atoms with Crippen LogP contribution in [0, 0.1) is 6.92 Å². The van der Waals surface area contributed by atoms with E-state index in [1.165, 1.54) is 38.8 Å². The van der Waals surface area contributed by atoms with E-state index >= 15 is 0 Å². The van der Waals surface area contributed by atoms with E-state index in [-0.39, 0.29) is 18.1 Å². The highest BCUT2D eigenvalue weighted by Crippen LogP contribution is 2.34. The second kappa shape index (κ2) is 13.8. The quantitative estimate of drug-likeness (QED) is 0.225. The van der Waals surface area contributed by atoms with Crippen molar-refractivity contribution >= 4 is 46.4 Å². The molecule has 1 fully saturated rings. The maximum Gasteiger partial charge on any atom is 0.274 e. The fraction of sp³-hybridized carbons (Fsp3) is 0.286. The van der Waals surface area contributed by atoms with E-state index in [0.717, 1.165) is 24.3 Å². The number of halogens is 1. The SMILES string of the molecule is C=CC(=O)Nc1cc(N2CCOCC2)cc(C)c1Nc1ncc(OCc2cc(C(=O)NOC)cc(OC)c2Cl)cn1. The number of methoxy groups -OCH3 is 1. The van der Waals surface area contributed by atoms with E-state index in [9.17, 15) is 9.59 Å². The molecule has 0 atom stereocenters. The lowest BCUT2D eigenvalue weighted by atomic mass is 10.1. The van der Waals surface area contributed by atoms with Crippen LogP contribution < -0.4 is 30.5 Å². The van der Waals surface area contributed by atoms with Gasteiger partial charge in [0.2, 0.25) is 11.9 Å². The third-order valence-electron chi connectivity index (χ3n) is 6.19. The molecule has 0 spiro atoms. The summed E-state index contributed by atoms with van der Waals surface area (Å²) >= 11 is 6.43. The van der Waals surface area contributed by atoms with Gasteiger partial charge in [-0.15, -0.1) is 0 Å². The molecular weight excluding hydrogens is 552 g/mol. The normalized spacial score (nSPS) is 12.8. The Bertz CT molecular complexity index is 1410. The summed E-state index contributed by atoms with van der Waals surface area (Å²) in [5.41, 5.74) is 6.15. The van der Waals surface area contributed by atoms with Gasteiger partial charge in [0.25, 0.3) is 5.91 Å². The lowest BCUT2D eigenvalue weighted by molar-refractivity contribution is -0.111. The van der Waals surface area contributed by atoms with Crippen LogP contribution in [-0.4, -0.2) is 62.3 Å². The number of hydrogen-bond acceptors (Lipinski definition) is 10. The van der Waals surface area contributed by atoms with Gasteiger partial charge in [-0.2, -0.15) is 0 Å². The number of hydroxylamine groups is 1. The van der Waals surface area contributed by atoms with Gasteiger partial charge in [-0.05, 0) is 42.8 Å². The third kappa shape index (κ3) is 7.42. The van der Waals surface area contributed by atoms with E-state index in [0.29, 0.717) is 52.6 Å². The van der Waals surface area contributed by atoms with Gasteiger partial charge in [0.1, 0.15) is 12.4 Å². The van der Waals surface area contributed by atoms with Crippen LogP contribution in [0.5, 0.6) is 11.5 Å². The molecule has 2 aromatic carbocycles. The molecule has 2 amide bonds. The first-order valence-corrected chi connectivity index (χ1v) is 13.0. The van der Waals surface area contributed by atoms with E-state index in [1.807, 2.05) is 19.1 Å². The predicted molar refractivity (Wildman–Crippen MR) is 155 cm³/mol. The number of carbonyl (C=O) groups excluding carboxylic acids is 2. The van der Waals surface area contributed by atoms with Crippen LogP contribution in [-0.2, 0) is 21.0 Å². The molecule has 12 nitrogen and oxygen atoms in total. The number of morpholine rings is 1. The molecule has 13 heteroatoms. The Morgan fingerprint density at radius 1 is 1.15 bits per heavy atom. The molecule has 1 saturated heterocycles. The van der Waals surface area contributed by atoms with Crippen LogP contribution in [0.2, 0.25) is 5.02 Å². The molecule has 0 bridgehead atoms. The summed E-state index contributed by atoms with van der Waals surface area (Å²) in [7, 11) is 2.79. The van der Waals surface area contributed by atoms with E-state index in [2.05, 4.69) is 37.6 Å². The smallest absolute Gasteiger partial charge is 0.274 e. The number of amides is 2. The van der Waals surface area contributed by atoms with Crippen molar-refractivity contribution in [3.8, 4) is 11.5 Å². The molecule has 1 aliphatic heterocycles. The molecule has 0 radical (unpaired) electrons. The van der Waals surface area contributed by atoms with Crippen molar-refractivity contribution in [2.75, 3.05) is 56.1 Å². The molecule has 0 unspecified atom stereocenters. The molecule has 1 aromatic heterocycles. The number of carbonyl (C=O) groups is 2. The number of nitrogens with zero attached hydrogens (tertiary/aromatic N) is 3. The molecule has 0 aliphatic carbocycles. The molecule has 41 heavy (non-hydrogen) atoms. The Balaban J connectivity index is 1.51. The van der Waals surface area contributed by atoms with Crippen molar-refractivity contribution in [3.63, 3.8) is 0 Å². The number of ether oxygens (including phenoxy) is 3. The van der Waals surface area contributed by atoms with Gasteiger partial charge < -0.3 is 29.7 Å². The highest BCUT2D eigenvalue weighted by molar-refractivity contribution is 6.33. The van der Waals surface area contributed by atoms with Gasteiger partial charge in [-0.3, -0.25) is 14.4 Å². The molecule has 3 aromatic rings. The maximum atomic E-state index is 12.2. The molecule has 1 aliphatic rings. The number of rotatable bonds is 11. The molecular formula is C28H31ClN6O6. The summed E-state index contributed by atoms with van der Waals surface area (Å²) in [6.07, 6.45) is 4.22. The Kier molecular flexibility index (Phi) is 9.95. The second-order valence-electron chi connectivity index (χ2n) is 8.92. The van der Waals surface area contributed by atoms with Crippen molar-refractivity contribution in [2.45, 2.75) is 13.5 Å². The van der Waals surface area contributed by atoms with Gasteiger partial charge in [0.05, 0.1) is 56.2 Å². The molecule has 0 saturated carbocycles. The van der Waals surface area contributed by atoms with Crippen LogP contribution in [0.15, 0.2) is 49.3 Å². The van der Waals surface area contributed by atoms with Gasteiger partial charge in [0.15, 0.2) is 5.75 Å². The highest BCUT2D eigenvalue weighted by Gasteiger charge is 2.18. The minimum atomic E-state index is -0.459. The van der Waals surface area contributed by atoms with Crippen molar-refractivity contribution < 1.29 is 28.6 Å².